The molecule has 1 saturated heterocycles. The van der Waals surface area contributed by atoms with E-state index in [4.69, 9.17) is 14.2 Å². The van der Waals surface area contributed by atoms with Crippen LogP contribution in [0.5, 0.6) is 17.2 Å². The molecule has 0 bridgehead atoms. The molecule has 0 spiro atoms. The average molecular weight is 672 g/mol. The number of alkyl halides is 3. The lowest BCUT2D eigenvalue weighted by atomic mass is 9.83. The fourth-order valence-corrected chi connectivity index (χ4v) is 8.04. The Hall–Kier alpha value is -4.76. The van der Waals surface area contributed by atoms with Crippen molar-refractivity contribution in [2.45, 2.75) is 22.4 Å². The van der Waals surface area contributed by atoms with Gasteiger partial charge in [0.05, 0.1) is 42.1 Å². The lowest BCUT2D eigenvalue weighted by Gasteiger charge is -2.30. The summed E-state index contributed by atoms with van der Waals surface area (Å²) in [5.41, 5.74) is -0.460. The summed E-state index contributed by atoms with van der Waals surface area (Å²) in [6, 6.07) is 15.8. The van der Waals surface area contributed by atoms with E-state index in [1.807, 2.05) is 0 Å². The van der Waals surface area contributed by atoms with Gasteiger partial charge in [-0.1, -0.05) is 41.3 Å². The number of fused-ring (bicyclic) bond motifs is 2. The zero-order valence-electron chi connectivity index (χ0n) is 24.0. The molecular formula is C31H24F3N3O7S2. The summed E-state index contributed by atoms with van der Waals surface area (Å²) in [7, 11) is 2.87. The molecule has 0 saturated carbocycles. The third-order valence-corrected chi connectivity index (χ3v) is 9.97. The summed E-state index contributed by atoms with van der Waals surface area (Å²) in [6.45, 7) is -0.625. The predicted molar refractivity (Wildman–Crippen MR) is 164 cm³/mol. The Labute approximate surface area is 267 Å². The number of carbonyl (C=O) groups is 3. The molecule has 238 valence electrons. The van der Waals surface area contributed by atoms with Crippen molar-refractivity contribution >= 4 is 52.2 Å². The van der Waals surface area contributed by atoms with Crippen molar-refractivity contribution in [2.24, 2.45) is 5.92 Å². The summed E-state index contributed by atoms with van der Waals surface area (Å²) in [5, 5.41) is 1.90. The van der Waals surface area contributed by atoms with Gasteiger partial charge in [0, 0.05) is 10.8 Å². The van der Waals surface area contributed by atoms with E-state index >= 15 is 0 Å². The lowest BCUT2D eigenvalue weighted by molar-refractivity contribution is -0.137. The van der Waals surface area contributed by atoms with Crippen LogP contribution in [0.15, 0.2) is 76.6 Å². The van der Waals surface area contributed by atoms with Crippen LogP contribution >= 0.6 is 23.1 Å². The van der Waals surface area contributed by atoms with Crippen LogP contribution in [0, 0.1) is 5.92 Å². The first-order chi connectivity index (χ1) is 22.0. The molecule has 1 aromatic heterocycles. The van der Waals surface area contributed by atoms with Crippen molar-refractivity contribution in [3.8, 4) is 17.2 Å². The zero-order valence-corrected chi connectivity index (χ0v) is 25.7. The topological polar surface area (TPSA) is 127 Å². The van der Waals surface area contributed by atoms with Crippen LogP contribution in [-0.2, 0) is 20.6 Å². The Morgan fingerprint density at radius 1 is 0.957 bits per heavy atom. The Morgan fingerprint density at radius 2 is 1.70 bits per heavy atom. The van der Waals surface area contributed by atoms with Gasteiger partial charge in [-0.3, -0.25) is 19.2 Å². The number of imide groups is 1. The van der Waals surface area contributed by atoms with Crippen molar-refractivity contribution in [1.29, 1.82) is 0 Å². The van der Waals surface area contributed by atoms with Gasteiger partial charge in [-0.25, -0.2) is 4.90 Å². The number of thiazole rings is 1. The van der Waals surface area contributed by atoms with Crippen molar-refractivity contribution in [3.05, 3.63) is 92.4 Å². The summed E-state index contributed by atoms with van der Waals surface area (Å²) >= 11 is 2.09. The van der Waals surface area contributed by atoms with E-state index in [1.54, 1.807) is 36.4 Å². The fraction of sp³-hybridized carbons (Fsp3) is 0.226. The molecule has 1 fully saturated rings. The molecule has 3 aromatic carbocycles. The van der Waals surface area contributed by atoms with E-state index in [1.165, 1.54) is 32.4 Å². The number of para-hydroxylation sites is 1. The number of methoxy groups -OCH3 is 2. The molecule has 3 unspecified atom stereocenters. The van der Waals surface area contributed by atoms with E-state index in [0.717, 1.165) is 40.1 Å². The van der Waals surface area contributed by atoms with Crippen LogP contribution in [0.1, 0.15) is 21.9 Å². The maximum atomic E-state index is 13.9. The van der Waals surface area contributed by atoms with Gasteiger partial charge >= 0.3 is 11.0 Å². The number of anilines is 2. The highest BCUT2D eigenvalue weighted by Crippen LogP contribution is 2.54. The predicted octanol–water partition coefficient (Wildman–Crippen LogP) is 5.29. The van der Waals surface area contributed by atoms with Crippen molar-refractivity contribution < 1.29 is 41.8 Å². The summed E-state index contributed by atoms with van der Waals surface area (Å²) < 4.78 is 56.3. The first kappa shape index (κ1) is 31.2. The number of halogens is 3. The van der Waals surface area contributed by atoms with E-state index < -0.39 is 58.8 Å². The molecule has 2 N–H and O–H groups in total. The molecule has 15 heteroatoms. The second-order valence-electron chi connectivity index (χ2n) is 10.3. The van der Waals surface area contributed by atoms with Gasteiger partial charge in [-0.15, -0.1) is 0 Å². The van der Waals surface area contributed by atoms with Gasteiger partial charge in [0.15, 0.2) is 18.1 Å². The number of ether oxygens (including phenoxy) is 3. The zero-order chi connectivity index (χ0) is 32.7. The van der Waals surface area contributed by atoms with Crippen LogP contribution < -0.4 is 29.3 Å². The molecule has 2 aliphatic rings. The molecule has 4 aromatic rings. The number of H-pyrrole nitrogens is 1. The summed E-state index contributed by atoms with van der Waals surface area (Å²) in [6.07, 6.45) is -4.66. The third kappa shape index (κ3) is 5.71. The minimum Gasteiger partial charge on any atom is -0.497 e. The number of nitrogens with one attached hydrogen (secondary N) is 2. The van der Waals surface area contributed by atoms with Crippen LogP contribution in [0.25, 0.3) is 0 Å². The van der Waals surface area contributed by atoms with Gasteiger partial charge in [0.2, 0.25) is 11.8 Å². The standard InChI is InChI=1S/C31H24F3N3O7S2/c1-42-17-10-8-16(9-11-17)37-28(39)24-23(25-27(36-30(41)46-25)45-26(24)29(37)40)15-7-12-20(21(13-15)43-2)44-14-22(38)35-19-6-4-3-5-18(19)31(32,33)34/h3-13,23-24,26H,14H2,1-2H3,(H,35,38)(H,36,41). The molecule has 0 aliphatic carbocycles. The number of carbonyl (C=O) groups excluding carboxylic acids is 3. The third-order valence-electron chi connectivity index (χ3n) is 7.57. The number of aromatic amines is 1. The van der Waals surface area contributed by atoms with Gasteiger partial charge in [0.25, 0.3) is 5.91 Å². The van der Waals surface area contributed by atoms with Crippen molar-refractivity contribution in [1.82, 2.24) is 4.98 Å². The molecule has 2 aliphatic heterocycles. The molecule has 3 atom stereocenters. The Kier molecular flexibility index (Phi) is 8.29. The van der Waals surface area contributed by atoms with Gasteiger partial charge in [-0.05, 0) is 54.1 Å². The Morgan fingerprint density at radius 3 is 2.39 bits per heavy atom. The van der Waals surface area contributed by atoms with Crippen LogP contribution in [0.3, 0.4) is 0 Å². The van der Waals surface area contributed by atoms with Crippen molar-refractivity contribution in [3.63, 3.8) is 0 Å². The first-order valence-corrected chi connectivity index (χ1v) is 15.4. The number of aromatic nitrogens is 1. The second kappa shape index (κ2) is 12.2. The average Bonchev–Trinajstić information content (AvgIpc) is 3.53. The van der Waals surface area contributed by atoms with E-state index in [-0.39, 0.29) is 16.4 Å². The largest absolute Gasteiger partial charge is 0.497 e. The van der Waals surface area contributed by atoms with Gasteiger partial charge < -0.3 is 24.5 Å². The molecule has 46 heavy (non-hydrogen) atoms. The van der Waals surface area contributed by atoms with E-state index in [2.05, 4.69) is 10.3 Å². The smallest absolute Gasteiger partial charge is 0.418 e. The van der Waals surface area contributed by atoms with Crippen LogP contribution in [0.2, 0.25) is 0 Å². The maximum absolute atomic E-state index is 13.9. The van der Waals surface area contributed by atoms with Gasteiger partial charge in [-0.2, -0.15) is 13.2 Å². The normalized spacial score (nSPS) is 19.0. The number of thioether (sulfide) groups is 1. The second-order valence-corrected chi connectivity index (χ2v) is 12.4. The SMILES string of the molecule is COc1ccc(N2C(=O)C3Sc4[nH]c(=O)sc4C(c4ccc(OCC(=O)Nc5ccccc5C(F)(F)F)c(OC)c4)C3C2=O)cc1. The maximum Gasteiger partial charge on any atom is 0.418 e. The number of rotatable bonds is 8. The fourth-order valence-electron chi connectivity index (χ4n) is 5.53. The van der Waals surface area contributed by atoms with Crippen LogP contribution in [0.4, 0.5) is 24.5 Å². The molecule has 0 radical (unpaired) electrons. The minimum atomic E-state index is -4.66. The van der Waals surface area contributed by atoms with E-state index in [0.29, 0.717) is 26.9 Å². The quantitative estimate of drug-likeness (QED) is 0.242. The number of hydrogen-bond acceptors (Lipinski definition) is 9. The first-order valence-electron chi connectivity index (χ1n) is 13.7. The number of hydrogen-bond donors (Lipinski definition) is 2. The Bertz CT molecular complexity index is 1890. The minimum absolute atomic E-state index is 0.114. The van der Waals surface area contributed by atoms with Crippen LogP contribution in [-0.4, -0.2) is 48.8 Å². The number of amides is 3. The molecular weight excluding hydrogens is 647 g/mol. The van der Waals surface area contributed by atoms with Crippen molar-refractivity contribution in [2.75, 3.05) is 31.0 Å². The molecule has 10 nitrogen and oxygen atoms in total. The highest BCUT2D eigenvalue weighted by atomic mass is 32.2. The number of benzene rings is 3. The number of nitrogens with zero attached hydrogens (tertiary/aromatic N) is 1. The Balaban J connectivity index is 1.27. The molecule has 6 rings (SSSR count). The molecule has 3 amide bonds. The van der Waals surface area contributed by atoms with E-state index in [9.17, 15) is 32.3 Å². The van der Waals surface area contributed by atoms with Gasteiger partial charge in [0.1, 0.15) is 11.0 Å². The monoisotopic (exact) mass is 671 g/mol. The highest BCUT2D eigenvalue weighted by Gasteiger charge is 2.56. The summed E-state index contributed by atoms with van der Waals surface area (Å²) in [5.74, 6) is -2.38. The highest BCUT2D eigenvalue weighted by molar-refractivity contribution is 8.00. The molecule has 3 heterocycles. The lowest BCUT2D eigenvalue weighted by Crippen LogP contribution is -2.32. The summed E-state index contributed by atoms with van der Waals surface area (Å²) in [4.78, 5) is 56.7.